The quantitative estimate of drug-likeness (QED) is 0.920. The molecule has 0 fully saturated rings. The van der Waals surface area contributed by atoms with Crippen molar-refractivity contribution in [1.29, 1.82) is 0 Å². The Labute approximate surface area is 119 Å². The van der Waals surface area contributed by atoms with E-state index in [4.69, 9.17) is 10.5 Å². The predicted molar refractivity (Wildman–Crippen MR) is 79.4 cm³/mol. The smallest absolute Gasteiger partial charge is 0.128 e. The molecule has 0 aliphatic rings. The number of ether oxygens (including phenoxy) is 1. The van der Waals surface area contributed by atoms with Crippen LogP contribution in [0, 0.1) is 12.7 Å². The highest BCUT2D eigenvalue weighted by Gasteiger charge is 2.31. The zero-order valence-corrected chi connectivity index (χ0v) is 12.1. The van der Waals surface area contributed by atoms with Crippen molar-refractivity contribution in [3.8, 4) is 5.75 Å². The molecule has 106 valence electrons. The summed E-state index contributed by atoms with van der Waals surface area (Å²) in [7, 11) is 1.63. The van der Waals surface area contributed by atoms with Crippen molar-refractivity contribution in [1.82, 2.24) is 0 Å². The molecular weight excluding hydrogens is 253 g/mol. The fourth-order valence-electron chi connectivity index (χ4n) is 2.61. The molecule has 20 heavy (non-hydrogen) atoms. The molecule has 0 saturated carbocycles. The fraction of sp³-hybridized carbons (Fsp3) is 0.294. The summed E-state index contributed by atoms with van der Waals surface area (Å²) in [6.07, 6.45) is 0.612. The molecule has 0 radical (unpaired) electrons. The van der Waals surface area contributed by atoms with Gasteiger partial charge in [0.05, 0.1) is 12.6 Å². The van der Waals surface area contributed by atoms with E-state index in [0.29, 0.717) is 12.0 Å². The van der Waals surface area contributed by atoms with E-state index in [1.54, 1.807) is 19.2 Å². The number of halogens is 1. The van der Waals surface area contributed by atoms with Crippen LogP contribution in [0.4, 0.5) is 4.39 Å². The average Bonchev–Trinajstić information content (AvgIpc) is 2.46. The Hall–Kier alpha value is -1.87. The maximum absolute atomic E-state index is 14.1. The molecule has 2 aromatic carbocycles. The van der Waals surface area contributed by atoms with Crippen LogP contribution in [0.15, 0.2) is 42.5 Å². The molecule has 3 heteroatoms. The number of nitrogens with two attached hydrogens (primary N) is 1. The van der Waals surface area contributed by atoms with Gasteiger partial charge in [-0.2, -0.15) is 0 Å². The van der Waals surface area contributed by atoms with E-state index in [0.717, 1.165) is 16.9 Å². The third-order valence-corrected chi connectivity index (χ3v) is 3.83. The standard InChI is InChI=1S/C17H20FNO/c1-4-17(19,15-7-5-6-8-16(15)18)14-10-9-13(20-3)11-12(14)2/h5-11H,4,19H2,1-3H3. The Bertz CT molecular complexity index is 612. The van der Waals surface area contributed by atoms with Crippen molar-refractivity contribution >= 4 is 0 Å². The molecule has 0 heterocycles. The zero-order chi connectivity index (χ0) is 14.8. The van der Waals surface area contributed by atoms with Gasteiger partial charge < -0.3 is 10.5 Å². The van der Waals surface area contributed by atoms with Crippen LogP contribution in [-0.2, 0) is 5.54 Å². The molecule has 1 atom stereocenters. The number of aryl methyl sites for hydroxylation is 1. The molecule has 0 aromatic heterocycles. The minimum Gasteiger partial charge on any atom is -0.497 e. The van der Waals surface area contributed by atoms with Crippen molar-refractivity contribution in [2.45, 2.75) is 25.8 Å². The van der Waals surface area contributed by atoms with Gasteiger partial charge >= 0.3 is 0 Å². The van der Waals surface area contributed by atoms with Gasteiger partial charge in [-0.25, -0.2) is 4.39 Å². The summed E-state index contributed by atoms with van der Waals surface area (Å²) in [6, 6.07) is 12.4. The van der Waals surface area contributed by atoms with E-state index in [-0.39, 0.29) is 5.82 Å². The van der Waals surface area contributed by atoms with Crippen molar-refractivity contribution in [2.24, 2.45) is 5.73 Å². The molecule has 2 nitrogen and oxygen atoms in total. The second kappa shape index (κ2) is 5.63. The maximum atomic E-state index is 14.1. The summed E-state index contributed by atoms with van der Waals surface area (Å²) in [4.78, 5) is 0. The van der Waals surface area contributed by atoms with Crippen LogP contribution in [0.2, 0.25) is 0 Å². The van der Waals surface area contributed by atoms with E-state index in [2.05, 4.69) is 0 Å². The Morgan fingerprint density at radius 2 is 1.85 bits per heavy atom. The topological polar surface area (TPSA) is 35.2 Å². The maximum Gasteiger partial charge on any atom is 0.128 e. The molecule has 0 amide bonds. The molecule has 0 aliphatic heterocycles. The van der Waals surface area contributed by atoms with Crippen molar-refractivity contribution < 1.29 is 9.13 Å². The van der Waals surface area contributed by atoms with Gasteiger partial charge in [0.15, 0.2) is 0 Å². The summed E-state index contributed by atoms with van der Waals surface area (Å²) >= 11 is 0. The van der Waals surface area contributed by atoms with Gasteiger partial charge in [-0.15, -0.1) is 0 Å². The molecular formula is C17H20FNO. The molecule has 0 saturated heterocycles. The summed E-state index contributed by atoms with van der Waals surface area (Å²) < 4.78 is 19.3. The zero-order valence-electron chi connectivity index (χ0n) is 12.1. The molecule has 2 aromatic rings. The van der Waals surface area contributed by atoms with Crippen LogP contribution in [0.3, 0.4) is 0 Å². The van der Waals surface area contributed by atoms with Gasteiger partial charge in [0, 0.05) is 5.56 Å². The number of methoxy groups -OCH3 is 1. The normalized spacial score (nSPS) is 13.8. The first-order chi connectivity index (χ1) is 9.52. The van der Waals surface area contributed by atoms with E-state index in [1.807, 2.05) is 38.1 Å². The SMILES string of the molecule is CCC(N)(c1ccc(OC)cc1C)c1ccccc1F. The van der Waals surface area contributed by atoms with Gasteiger partial charge in [-0.3, -0.25) is 0 Å². The van der Waals surface area contributed by atoms with Crippen LogP contribution in [0.1, 0.15) is 30.0 Å². The fourth-order valence-corrected chi connectivity index (χ4v) is 2.61. The number of rotatable bonds is 4. The second-order valence-corrected chi connectivity index (χ2v) is 4.99. The molecule has 0 spiro atoms. The molecule has 1 unspecified atom stereocenters. The summed E-state index contributed by atoms with van der Waals surface area (Å²) in [5, 5.41) is 0. The Morgan fingerprint density at radius 1 is 1.15 bits per heavy atom. The lowest BCUT2D eigenvalue weighted by Crippen LogP contribution is -2.38. The Morgan fingerprint density at radius 3 is 2.40 bits per heavy atom. The van der Waals surface area contributed by atoms with Crippen molar-refractivity contribution in [3.05, 3.63) is 65.0 Å². The van der Waals surface area contributed by atoms with Crippen LogP contribution in [0.5, 0.6) is 5.75 Å². The van der Waals surface area contributed by atoms with Gasteiger partial charge in [-0.1, -0.05) is 31.2 Å². The van der Waals surface area contributed by atoms with Crippen LogP contribution < -0.4 is 10.5 Å². The first-order valence-corrected chi connectivity index (χ1v) is 6.72. The highest BCUT2D eigenvalue weighted by Crippen LogP contribution is 2.35. The number of benzene rings is 2. The summed E-state index contributed by atoms with van der Waals surface area (Å²) in [5.41, 5.74) is 8.16. The third kappa shape index (κ3) is 2.41. The third-order valence-electron chi connectivity index (χ3n) is 3.83. The molecule has 0 aliphatic carbocycles. The van der Waals surface area contributed by atoms with Crippen molar-refractivity contribution in [2.75, 3.05) is 7.11 Å². The van der Waals surface area contributed by atoms with Crippen LogP contribution in [-0.4, -0.2) is 7.11 Å². The lowest BCUT2D eigenvalue weighted by atomic mass is 9.79. The largest absolute Gasteiger partial charge is 0.497 e. The Balaban J connectivity index is 2.59. The molecule has 0 bridgehead atoms. The van der Waals surface area contributed by atoms with E-state index >= 15 is 0 Å². The second-order valence-electron chi connectivity index (χ2n) is 4.99. The summed E-state index contributed by atoms with van der Waals surface area (Å²) in [5.74, 6) is 0.505. The van der Waals surface area contributed by atoms with Gasteiger partial charge in [-0.05, 0) is 42.7 Å². The molecule has 2 rings (SSSR count). The number of hydrogen-bond donors (Lipinski definition) is 1. The highest BCUT2D eigenvalue weighted by atomic mass is 19.1. The van der Waals surface area contributed by atoms with Crippen LogP contribution >= 0.6 is 0 Å². The lowest BCUT2D eigenvalue weighted by Gasteiger charge is -2.31. The minimum absolute atomic E-state index is 0.271. The predicted octanol–water partition coefficient (Wildman–Crippen LogP) is 3.76. The molecule has 2 N–H and O–H groups in total. The van der Waals surface area contributed by atoms with Crippen molar-refractivity contribution in [3.63, 3.8) is 0 Å². The van der Waals surface area contributed by atoms with E-state index < -0.39 is 5.54 Å². The van der Waals surface area contributed by atoms with E-state index in [9.17, 15) is 4.39 Å². The first-order valence-electron chi connectivity index (χ1n) is 6.72. The van der Waals surface area contributed by atoms with Gasteiger partial charge in [0.1, 0.15) is 11.6 Å². The van der Waals surface area contributed by atoms with Gasteiger partial charge in [0.25, 0.3) is 0 Å². The highest BCUT2D eigenvalue weighted by molar-refractivity contribution is 5.45. The first kappa shape index (κ1) is 14.5. The monoisotopic (exact) mass is 273 g/mol. The lowest BCUT2D eigenvalue weighted by molar-refractivity contribution is 0.413. The average molecular weight is 273 g/mol. The van der Waals surface area contributed by atoms with Gasteiger partial charge in [0.2, 0.25) is 0 Å². The van der Waals surface area contributed by atoms with E-state index in [1.165, 1.54) is 6.07 Å². The van der Waals surface area contributed by atoms with Crippen LogP contribution in [0.25, 0.3) is 0 Å². The minimum atomic E-state index is -0.832. The summed E-state index contributed by atoms with van der Waals surface area (Å²) in [6.45, 7) is 3.94. The number of hydrogen-bond acceptors (Lipinski definition) is 2. The Kier molecular flexibility index (Phi) is 4.09.